The molecule has 4 nitrogen and oxygen atoms in total. The maximum absolute atomic E-state index is 11.4. The Morgan fingerprint density at radius 1 is 1.35 bits per heavy atom. The molecule has 5 heteroatoms. The molecule has 20 heavy (non-hydrogen) atoms. The standard InChI is InChI=1S/C15H15NO3S/c1-19-14-10-12(7-8-16-14)20-13(15(17)18)9-11-5-3-2-4-6-11/h2-8,10,13H,9H2,1H3,(H,17,18). The van der Waals surface area contributed by atoms with Gasteiger partial charge in [0.1, 0.15) is 5.25 Å². The molecule has 0 saturated heterocycles. The fourth-order valence-corrected chi connectivity index (χ4v) is 2.76. The first-order chi connectivity index (χ1) is 9.69. The van der Waals surface area contributed by atoms with Crippen LogP contribution in [0.4, 0.5) is 0 Å². The maximum atomic E-state index is 11.4. The van der Waals surface area contributed by atoms with Gasteiger partial charge in [-0.3, -0.25) is 4.79 Å². The van der Waals surface area contributed by atoms with E-state index in [0.717, 1.165) is 10.5 Å². The first-order valence-corrected chi connectivity index (χ1v) is 7.00. The van der Waals surface area contributed by atoms with Gasteiger partial charge >= 0.3 is 5.97 Å². The summed E-state index contributed by atoms with van der Waals surface area (Å²) in [5.41, 5.74) is 1.01. The van der Waals surface area contributed by atoms with Crippen LogP contribution >= 0.6 is 11.8 Å². The number of pyridine rings is 1. The fraction of sp³-hybridized carbons (Fsp3) is 0.200. The molecule has 0 aliphatic rings. The second kappa shape index (κ2) is 6.96. The highest BCUT2D eigenvalue weighted by molar-refractivity contribution is 8.00. The van der Waals surface area contributed by atoms with E-state index in [-0.39, 0.29) is 0 Å². The third-order valence-electron chi connectivity index (χ3n) is 2.73. The van der Waals surface area contributed by atoms with Gasteiger partial charge in [0.25, 0.3) is 0 Å². The summed E-state index contributed by atoms with van der Waals surface area (Å²) < 4.78 is 5.04. The molecule has 1 heterocycles. The zero-order chi connectivity index (χ0) is 14.4. The van der Waals surface area contributed by atoms with Crippen molar-refractivity contribution in [2.45, 2.75) is 16.6 Å². The van der Waals surface area contributed by atoms with Crippen molar-refractivity contribution in [3.8, 4) is 5.88 Å². The highest BCUT2D eigenvalue weighted by Crippen LogP contribution is 2.27. The first-order valence-electron chi connectivity index (χ1n) is 6.12. The summed E-state index contributed by atoms with van der Waals surface area (Å²) in [7, 11) is 1.54. The van der Waals surface area contributed by atoms with E-state index in [1.165, 1.54) is 18.9 Å². The Morgan fingerprint density at radius 3 is 2.75 bits per heavy atom. The van der Waals surface area contributed by atoms with Crippen LogP contribution in [0.15, 0.2) is 53.6 Å². The first kappa shape index (κ1) is 14.4. The van der Waals surface area contributed by atoms with Crippen molar-refractivity contribution in [2.24, 2.45) is 0 Å². The number of benzene rings is 1. The number of aromatic nitrogens is 1. The Bertz CT molecular complexity index is 574. The van der Waals surface area contributed by atoms with E-state index in [1.54, 1.807) is 18.3 Å². The molecule has 0 aliphatic heterocycles. The third kappa shape index (κ3) is 3.99. The van der Waals surface area contributed by atoms with Gasteiger partial charge < -0.3 is 9.84 Å². The van der Waals surface area contributed by atoms with Gasteiger partial charge in [0.15, 0.2) is 0 Å². The van der Waals surface area contributed by atoms with Crippen molar-refractivity contribution in [1.82, 2.24) is 4.98 Å². The molecule has 1 aromatic heterocycles. The van der Waals surface area contributed by atoms with E-state index in [1.807, 2.05) is 30.3 Å². The van der Waals surface area contributed by atoms with Crippen LogP contribution in [-0.4, -0.2) is 28.4 Å². The summed E-state index contributed by atoms with van der Waals surface area (Å²) in [6, 6.07) is 13.1. The van der Waals surface area contributed by atoms with Crippen molar-refractivity contribution in [1.29, 1.82) is 0 Å². The van der Waals surface area contributed by atoms with Crippen LogP contribution < -0.4 is 4.74 Å². The summed E-state index contributed by atoms with van der Waals surface area (Å²) in [4.78, 5) is 16.2. The molecule has 0 bridgehead atoms. The molecule has 2 aromatic rings. The average molecular weight is 289 g/mol. The Hall–Kier alpha value is -2.01. The highest BCUT2D eigenvalue weighted by atomic mass is 32.2. The Balaban J connectivity index is 2.11. The zero-order valence-corrected chi connectivity index (χ0v) is 11.8. The SMILES string of the molecule is COc1cc(SC(Cc2ccccc2)C(=O)O)ccn1. The third-order valence-corrected chi connectivity index (χ3v) is 3.91. The Kier molecular flexibility index (Phi) is 5.01. The molecule has 0 radical (unpaired) electrons. The van der Waals surface area contributed by atoms with Gasteiger partial charge in [-0.1, -0.05) is 30.3 Å². The number of methoxy groups -OCH3 is 1. The molecule has 104 valence electrons. The molecule has 1 atom stereocenters. The van der Waals surface area contributed by atoms with Crippen molar-refractivity contribution < 1.29 is 14.6 Å². The molecular weight excluding hydrogens is 274 g/mol. The minimum Gasteiger partial charge on any atom is -0.481 e. The van der Waals surface area contributed by atoms with Crippen LogP contribution in [0.5, 0.6) is 5.88 Å². The number of carbonyl (C=O) groups is 1. The van der Waals surface area contributed by atoms with Crippen LogP contribution in [0.3, 0.4) is 0 Å². The van der Waals surface area contributed by atoms with E-state index in [4.69, 9.17) is 4.74 Å². The van der Waals surface area contributed by atoms with E-state index < -0.39 is 11.2 Å². The van der Waals surface area contributed by atoms with Gasteiger partial charge in [-0.2, -0.15) is 0 Å². The van der Waals surface area contributed by atoms with E-state index >= 15 is 0 Å². The number of thioether (sulfide) groups is 1. The highest BCUT2D eigenvalue weighted by Gasteiger charge is 2.19. The van der Waals surface area contributed by atoms with Gasteiger partial charge in [0.05, 0.1) is 7.11 Å². The molecule has 0 spiro atoms. The molecule has 1 N–H and O–H groups in total. The molecular formula is C15H15NO3S. The topological polar surface area (TPSA) is 59.4 Å². The number of rotatable bonds is 6. The predicted octanol–water partition coefficient (Wildman–Crippen LogP) is 2.88. The quantitative estimate of drug-likeness (QED) is 0.829. The van der Waals surface area contributed by atoms with Crippen molar-refractivity contribution >= 4 is 17.7 Å². The molecule has 0 aliphatic carbocycles. The Morgan fingerprint density at radius 2 is 2.10 bits per heavy atom. The minimum atomic E-state index is -0.824. The number of nitrogens with zero attached hydrogens (tertiary/aromatic N) is 1. The molecule has 1 aromatic carbocycles. The normalized spacial score (nSPS) is 11.8. The number of hydrogen-bond acceptors (Lipinski definition) is 4. The van der Waals surface area contributed by atoms with Gasteiger partial charge in [0, 0.05) is 17.2 Å². The minimum absolute atomic E-state index is 0.478. The second-order valence-corrected chi connectivity index (χ2v) is 5.44. The van der Waals surface area contributed by atoms with Gasteiger partial charge in [-0.05, 0) is 18.1 Å². The summed E-state index contributed by atoms with van der Waals surface area (Å²) in [6.45, 7) is 0. The number of hydrogen-bond donors (Lipinski definition) is 1. The van der Waals surface area contributed by atoms with Crippen LogP contribution in [0.1, 0.15) is 5.56 Å². The van der Waals surface area contributed by atoms with Crippen LogP contribution in [0.2, 0.25) is 0 Å². The molecule has 2 rings (SSSR count). The molecule has 0 saturated carbocycles. The summed E-state index contributed by atoms with van der Waals surface area (Å²) in [5.74, 6) is -0.339. The van der Waals surface area contributed by atoms with Crippen LogP contribution in [0, 0.1) is 0 Å². The lowest BCUT2D eigenvalue weighted by Gasteiger charge is -2.12. The van der Waals surface area contributed by atoms with E-state index in [9.17, 15) is 9.90 Å². The van der Waals surface area contributed by atoms with Crippen molar-refractivity contribution in [3.63, 3.8) is 0 Å². The van der Waals surface area contributed by atoms with Crippen molar-refractivity contribution in [3.05, 3.63) is 54.2 Å². The van der Waals surface area contributed by atoms with Gasteiger partial charge in [0.2, 0.25) is 5.88 Å². The van der Waals surface area contributed by atoms with Gasteiger partial charge in [-0.15, -0.1) is 11.8 Å². The Labute approximate surface area is 121 Å². The lowest BCUT2D eigenvalue weighted by atomic mass is 10.1. The lowest BCUT2D eigenvalue weighted by molar-refractivity contribution is -0.136. The number of carboxylic acid groups (broad SMARTS) is 1. The maximum Gasteiger partial charge on any atom is 0.317 e. The molecule has 0 fully saturated rings. The number of carboxylic acids is 1. The predicted molar refractivity (Wildman–Crippen MR) is 78.2 cm³/mol. The number of ether oxygens (including phenoxy) is 1. The summed E-state index contributed by atoms with van der Waals surface area (Å²) in [6.07, 6.45) is 2.09. The largest absolute Gasteiger partial charge is 0.481 e. The summed E-state index contributed by atoms with van der Waals surface area (Å²) >= 11 is 1.30. The average Bonchev–Trinajstić information content (AvgIpc) is 2.48. The van der Waals surface area contributed by atoms with Crippen molar-refractivity contribution in [2.75, 3.05) is 7.11 Å². The van der Waals surface area contributed by atoms with E-state index in [2.05, 4.69) is 4.98 Å². The van der Waals surface area contributed by atoms with Crippen LogP contribution in [0.25, 0.3) is 0 Å². The molecule has 1 unspecified atom stereocenters. The zero-order valence-electron chi connectivity index (χ0n) is 11.0. The lowest BCUT2D eigenvalue weighted by Crippen LogP contribution is -2.19. The molecule has 0 amide bonds. The van der Waals surface area contributed by atoms with E-state index in [0.29, 0.717) is 12.3 Å². The second-order valence-electron chi connectivity index (χ2n) is 4.17. The summed E-state index contributed by atoms with van der Waals surface area (Å²) in [5, 5.41) is 8.82. The van der Waals surface area contributed by atoms with Crippen LogP contribution in [-0.2, 0) is 11.2 Å². The monoisotopic (exact) mass is 289 g/mol. The van der Waals surface area contributed by atoms with Gasteiger partial charge in [-0.25, -0.2) is 4.98 Å². The fourth-order valence-electron chi connectivity index (χ4n) is 1.75. The smallest absolute Gasteiger partial charge is 0.317 e. The number of aliphatic carboxylic acids is 1.